The third kappa shape index (κ3) is 4.71. The number of carbonyl (C=O) groups is 1. The van der Waals surface area contributed by atoms with E-state index < -0.39 is 0 Å². The van der Waals surface area contributed by atoms with Crippen LogP contribution in [-0.4, -0.2) is 39.8 Å². The molecule has 1 aliphatic rings. The maximum absolute atomic E-state index is 12.7. The van der Waals surface area contributed by atoms with E-state index >= 15 is 0 Å². The van der Waals surface area contributed by atoms with Crippen LogP contribution in [0.25, 0.3) is 0 Å². The van der Waals surface area contributed by atoms with Gasteiger partial charge in [0.2, 0.25) is 0 Å². The lowest BCUT2D eigenvalue weighted by Gasteiger charge is -2.33. The van der Waals surface area contributed by atoms with Crippen LogP contribution in [0.1, 0.15) is 18.4 Å². The van der Waals surface area contributed by atoms with Gasteiger partial charge in [0.1, 0.15) is 0 Å². The molecule has 0 spiro atoms. The van der Waals surface area contributed by atoms with E-state index in [4.69, 9.17) is 0 Å². The molecule has 1 saturated heterocycles. The summed E-state index contributed by atoms with van der Waals surface area (Å²) in [5.41, 5.74) is 2.27. The average Bonchev–Trinajstić information content (AvgIpc) is 3.16. The van der Waals surface area contributed by atoms with Gasteiger partial charge in [-0.2, -0.15) is 5.10 Å². The van der Waals surface area contributed by atoms with Crippen molar-refractivity contribution in [2.24, 2.45) is 0 Å². The molecule has 1 aliphatic heterocycles. The Balaban J connectivity index is 1.32. The molecule has 0 unspecified atom stereocenters. The largest absolute Gasteiger partial charge is 0.381 e. The highest BCUT2D eigenvalue weighted by molar-refractivity contribution is 5.88. The number of carbonyl (C=O) groups excluding carboxylic acids is 1. The molecule has 144 valence electrons. The van der Waals surface area contributed by atoms with Crippen LogP contribution >= 0.6 is 0 Å². The van der Waals surface area contributed by atoms with Crippen LogP contribution in [0.15, 0.2) is 72.9 Å². The number of hydrogen-bond donors (Lipinski definition) is 2. The second kappa shape index (κ2) is 8.61. The Morgan fingerprint density at radius 3 is 2.57 bits per heavy atom. The SMILES string of the molecule is O=C(Nc1ccn(Cc2ccccc2)n1)N1CCC[C@H](Nc2ccccc2)C1. The molecule has 1 fully saturated rings. The Morgan fingerprint density at radius 2 is 1.79 bits per heavy atom. The Hall–Kier alpha value is -3.28. The Kier molecular flexibility index (Phi) is 5.56. The first-order valence-corrected chi connectivity index (χ1v) is 9.71. The summed E-state index contributed by atoms with van der Waals surface area (Å²) >= 11 is 0. The predicted octanol–water partition coefficient (Wildman–Crippen LogP) is 4.04. The first-order chi connectivity index (χ1) is 13.8. The van der Waals surface area contributed by atoms with E-state index in [0.717, 1.165) is 25.1 Å². The standard InChI is InChI=1S/C22H25N5O/c28-22(24-21-13-15-27(25-21)16-18-8-3-1-4-9-18)26-14-7-12-20(17-26)23-19-10-5-2-6-11-19/h1-6,8-11,13,15,20,23H,7,12,14,16-17H2,(H,24,25,28)/t20-/m0/s1. The zero-order valence-electron chi connectivity index (χ0n) is 15.8. The number of likely N-dealkylation sites (tertiary alicyclic amines) is 1. The highest BCUT2D eigenvalue weighted by Crippen LogP contribution is 2.17. The number of nitrogens with zero attached hydrogens (tertiary/aromatic N) is 3. The summed E-state index contributed by atoms with van der Waals surface area (Å²) in [5, 5.41) is 10.9. The van der Waals surface area contributed by atoms with Gasteiger partial charge in [0.15, 0.2) is 5.82 Å². The zero-order valence-corrected chi connectivity index (χ0v) is 15.8. The number of para-hydroxylation sites is 1. The number of urea groups is 1. The van der Waals surface area contributed by atoms with Crippen molar-refractivity contribution in [1.29, 1.82) is 0 Å². The van der Waals surface area contributed by atoms with Gasteiger partial charge in [0.05, 0.1) is 6.54 Å². The lowest BCUT2D eigenvalue weighted by Crippen LogP contribution is -2.46. The monoisotopic (exact) mass is 375 g/mol. The van der Waals surface area contributed by atoms with Crippen LogP contribution in [0, 0.1) is 0 Å². The van der Waals surface area contributed by atoms with Gasteiger partial charge in [-0.1, -0.05) is 48.5 Å². The van der Waals surface area contributed by atoms with Crippen LogP contribution in [0.4, 0.5) is 16.3 Å². The Labute approximate surface area is 165 Å². The molecule has 2 heterocycles. The predicted molar refractivity (Wildman–Crippen MR) is 111 cm³/mol. The quantitative estimate of drug-likeness (QED) is 0.707. The first kappa shape index (κ1) is 18.1. The first-order valence-electron chi connectivity index (χ1n) is 9.71. The number of amides is 2. The van der Waals surface area contributed by atoms with Crippen LogP contribution in [0.5, 0.6) is 0 Å². The van der Waals surface area contributed by atoms with Crippen LogP contribution in [0.2, 0.25) is 0 Å². The molecule has 1 atom stereocenters. The normalized spacial score (nSPS) is 16.6. The van der Waals surface area contributed by atoms with Gasteiger partial charge in [-0.05, 0) is 30.5 Å². The number of benzene rings is 2. The third-order valence-electron chi connectivity index (χ3n) is 4.92. The van der Waals surface area contributed by atoms with Crippen molar-refractivity contribution in [1.82, 2.24) is 14.7 Å². The van der Waals surface area contributed by atoms with Crippen molar-refractivity contribution in [3.05, 3.63) is 78.5 Å². The van der Waals surface area contributed by atoms with E-state index in [-0.39, 0.29) is 12.1 Å². The van der Waals surface area contributed by atoms with Crippen LogP contribution < -0.4 is 10.6 Å². The van der Waals surface area contributed by atoms with E-state index in [0.29, 0.717) is 18.9 Å². The van der Waals surface area contributed by atoms with E-state index in [9.17, 15) is 4.79 Å². The Morgan fingerprint density at radius 1 is 1.04 bits per heavy atom. The zero-order chi connectivity index (χ0) is 19.2. The van der Waals surface area contributed by atoms with Crippen molar-refractivity contribution >= 4 is 17.5 Å². The summed E-state index contributed by atoms with van der Waals surface area (Å²) in [6.45, 7) is 2.14. The van der Waals surface area contributed by atoms with Crippen molar-refractivity contribution in [3.8, 4) is 0 Å². The molecule has 2 aromatic carbocycles. The Bertz CT molecular complexity index is 894. The second-order valence-electron chi connectivity index (χ2n) is 7.11. The average molecular weight is 375 g/mol. The molecule has 3 aromatic rings. The molecule has 2 amide bonds. The summed E-state index contributed by atoms with van der Waals surface area (Å²) in [5.74, 6) is 0.582. The van der Waals surface area contributed by atoms with E-state index in [1.807, 2.05) is 58.2 Å². The summed E-state index contributed by atoms with van der Waals surface area (Å²) < 4.78 is 1.83. The fourth-order valence-corrected chi connectivity index (χ4v) is 3.53. The second-order valence-corrected chi connectivity index (χ2v) is 7.11. The smallest absolute Gasteiger partial charge is 0.323 e. The summed E-state index contributed by atoms with van der Waals surface area (Å²) in [7, 11) is 0. The number of aromatic nitrogens is 2. The topological polar surface area (TPSA) is 62.2 Å². The number of rotatable bonds is 5. The summed E-state index contributed by atoms with van der Waals surface area (Å²) in [6.07, 6.45) is 3.93. The molecule has 28 heavy (non-hydrogen) atoms. The molecule has 1 aromatic heterocycles. The van der Waals surface area contributed by atoms with E-state index in [1.165, 1.54) is 5.56 Å². The van der Waals surface area contributed by atoms with Gasteiger partial charge in [0.25, 0.3) is 0 Å². The van der Waals surface area contributed by atoms with Crippen LogP contribution in [-0.2, 0) is 6.54 Å². The van der Waals surface area contributed by atoms with Crippen molar-refractivity contribution in [3.63, 3.8) is 0 Å². The fourth-order valence-electron chi connectivity index (χ4n) is 3.53. The van der Waals surface area contributed by atoms with Crippen molar-refractivity contribution in [2.45, 2.75) is 25.4 Å². The number of anilines is 2. The highest BCUT2D eigenvalue weighted by Gasteiger charge is 2.24. The minimum absolute atomic E-state index is 0.0930. The van der Waals surface area contributed by atoms with E-state index in [2.05, 4.69) is 40.0 Å². The van der Waals surface area contributed by atoms with Gasteiger partial charge < -0.3 is 10.2 Å². The van der Waals surface area contributed by atoms with Gasteiger partial charge >= 0.3 is 6.03 Å². The number of piperidine rings is 1. The minimum atomic E-state index is -0.0930. The lowest BCUT2D eigenvalue weighted by molar-refractivity contribution is 0.196. The van der Waals surface area contributed by atoms with Crippen LogP contribution in [0.3, 0.4) is 0 Å². The van der Waals surface area contributed by atoms with Crippen molar-refractivity contribution < 1.29 is 4.79 Å². The minimum Gasteiger partial charge on any atom is -0.381 e. The molecular weight excluding hydrogens is 350 g/mol. The summed E-state index contributed by atoms with van der Waals surface area (Å²) in [4.78, 5) is 14.5. The van der Waals surface area contributed by atoms with Gasteiger partial charge in [-0.15, -0.1) is 0 Å². The lowest BCUT2D eigenvalue weighted by atomic mass is 10.1. The molecule has 4 rings (SSSR count). The molecule has 2 N–H and O–H groups in total. The van der Waals surface area contributed by atoms with Gasteiger partial charge in [-0.3, -0.25) is 10.00 Å². The number of hydrogen-bond acceptors (Lipinski definition) is 3. The van der Waals surface area contributed by atoms with Gasteiger partial charge in [0, 0.05) is 37.1 Å². The van der Waals surface area contributed by atoms with Gasteiger partial charge in [-0.25, -0.2) is 4.79 Å². The maximum atomic E-state index is 12.7. The van der Waals surface area contributed by atoms with Crippen molar-refractivity contribution in [2.75, 3.05) is 23.7 Å². The molecule has 6 heteroatoms. The maximum Gasteiger partial charge on any atom is 0.323 e. The molecule has 0 radical (unpaired) electrons. The molecule has 0 saturated carbocycles. The van der Waals surface area contributed by atoms with E-state index in [1.54, 1.807) is 0 Å². The molecular formula is C22H25N5O. The molecule has 6 nitrogen and oxygen atoms in total. The molecule has 0 bridgehead atoms. The summed E-state index contributed by atoms with van der Waals surface area (Å²) in [6, 6.07) is 22.3. The highest BCUT2D eigenvalue weighted by atomic mass is 16.2. The third-order valence-corrected chi connectivity index (χ3v) is 4.92. The molecule has 0 aliphatic carbocycles. The fraction of sp³-hybridized carbons (Fsp3) is 0.273. The number of nitrogens with one attached hydrogen (secondary N) is 2.